The van der Waals surface area contributed by atoms with Gasteiger partial charge in [0.1, 0.15) is 17.2 Å². The van der Waals surface area contributed by atoms with Crippen molar-refractivity contribution in [3.8, 4) is 11.5 Å². The number of nitrogens with two attached hydrogens (primary N) is 1. The van der Waals surface area contributed by atoms with E-state index in [1.165, 1.54) is 18.2 Å². The minimum atomic E-state index is -1.42. The van der Waals surface area contributed by atoms with Crippen molar-refractivity contribution in [1.82, 2.24) is 0 Å². The molecule has 0 aromatic heterocycles. The van der Waals surface area contributed by atoms with Crippen LogP contribution in [0.25, 0.3) is 0 Å². The van der Waals surface area contributed by atoms with E-state index < -0.39 is 53.5 Å². The first-order chi connectivity index (χ1) is 17.9. The SMILES string of the molecule is CCCCOC(=O)OCC(C)C(c1ccc(OC(=O)OC(C)(C)C)c(OC(=O)OC(C)(C)C)c1)[C@H](N)C(=O)O. The number of carbonyl (C=O) groups excluding carboxylic acids is 3. The molecule has 0 amide bonds. The Labute approximate surface area is 229 Å². The van der Waals surface area contributed by atoms with E-state index in [4.69, 9.17) is 34.2 Å². The predicted octanol–water partition coefficient (Wildman–Crippen LogP) is 5.40. The number of benzene rings is 1. The molecule has 0 aliphatic carbocycles. The monoisotopic (exact) mass is 555 g/mol. The fraction of sp³-hybridized carbons (Fsp3) is 0.630. The molecule has 0 aliphatic heterocycles. The third-order valence-corrected chi connectivity index (χ3v) is 4.99. The zero-order valence-corrected chi connectivity index (χ0v) is 23.9. The van der Waals surface area contributed by atoms with Crippen LogP contribution in [0.2, 0.25) is 0 Å². The van der Waals surface area contributed by atoms with Crippen molar-refractivity contribution in [2.45, 2.75) is 91.4 Å². The second-order valence-electron chi connectivity index (χ2n) is 11.0. The van der Waals surface area contributed by atoms with Gasteiger partial charge in [0.25, 0.3) is 0 Å². The van der Waals surface area contributed by atoms with Gasteiger partial charge in [-0.3, -0.25) is 4.79 Å². The average molecular weight is 556 g/mol. The van der Waals surface area contributed by atoms with Gasteiger partial charge in [0.2, 0.25) is 0 Å². The van der Waals surface area contributed by atoms with Crippen molar-refractivity contribution < 1.29 is 52.7 Å². The summed E-state index contributed by atoms with van der Waals surface area (Å²) in [5.74, 6) is -3.24. The highest BCUT2D eigenvalue weighted by molar-refractivity contribution is 5.75. The van der Waals surface area contributed by atoms with Crippen molar-refractivity contribution in [1.29, 1.82) is 0 Å². The lowest BCUT2D eigenvalue weighted by Gasteiger charge is -2.28. The summed E-state index contributed by atoms with van der Waals surface area (Å²) >= 11 is 0. The molecule has 0 aliphatic rings. The Kier molecular flexibility index (Phi) is 12.5. The molecule has 0 saturated carbocycles. The summed E-state index contributed by atoms with van der Waals surface area (Å²) in [7, 11) is 0. The van der Waals surface area contributed by atoms with E-state index >= 15 is 0 Å². The lowest BCUT2D eigenvalue weighted by atomic mass is 9.82. The Morgan fingerprint density at radius 3 is 1.90 bits per heavy atom. The first-order valence-electron chi connectivity index (χ1n) is 12.7. The third kappa shape index (κ3) is 12.7. The van der Waals surface area contributed by atoms with Crippen LogP contribution in [0.3, 0.4) is 0 Å². The highest BCUT2D eigenvalue weighted by Crippen LogP contribution is 2.36. The summed E-state index contributed by atoms with van der Waals surface area (Å²) in [6.07, 6.45) is -1.51. The van der Waals surface area contributed by atoms with Gasteiger partial charge in [0.15, 0.2) is 11.5 Å². The molecule has 12 nitrogen and oxygen atoms in total. The molecule has 3 atom stereocenters. The van der Waals surface area contributed by atoms with E-state index in [1.54, 1.807) is 48.5 Å². The Hall–Kier alpha value is -3.54. The zero-order chi connectivity index (χ0) is 30.0. The van der Waals surface area contributed by atoms with Gasteiger partial charge in [0, 0.05) is 5.92 Å². The molecule has 1 aromatic rings. The van der Waals surface area contributed by atoms with Gasteiger partial charge >= 0.3 is 24.4 Å². The number of hydrogen-bond acceptors (Lipinski definition) is 11. The van der Waals surface area contributed by atoms with Crippen molar-refractivity contribution in [3.63, 3.8) is 0 Å². The van der Waals surface area contributed by atoms with Gasteiger partial charge in [-0.2, -0.15) is 0 Å². The van der Waals surface area contributed by atoms with Crippen LogP contribution in [0.15, 0.2) is 18.2 Å². The van der Waals surface area contributed by atoms with Crippen LogP contribution in [0, 0.1) is 5.92 Å². The maximum atomic E-state index is 12.4. The van der Waals surface area contributed by atoms with Crippen LogP contribution in [0.1, 0.15) is 79.7 Å². The van der Waals surface area contributed by atoms with Gasteiger partial charge in [-0.15, -0.1) is 0 Å². The molecule has 1 aromatic carbocycles. The van der Waals surface area contributed by atoms with Gasteiger partial charge < -0.3 is 39.3 Å². The molecule has 0 saturated heterocycles. The highest BCUT2D eigenvalue weighted by Gasteiger charge is 2.33. The van der Waals surface area contributed by atoms with Crippen molar-refractivity contribution in [2.75, 3.05) is 13.2 Å². The van der Waals surface area contributed by atoms with Crippen molar-refractivity contribution in [2.24, 2.45) is 11.7 Å². The van der Waals surface area contributed by atoms with E-state index in [-0.39, 0.29) is 24.7 Å². The fourth-order valence-corrected chi connectivity index (χ4v) is 3.31. The van der Waals surface area contributed by atoms with Crippen LogP contribution < -0.4 is 15.2 Å². The molecule has 0 spiro atoms. The molecule has 2 unspecified atom stereocenters. The number of carbonyl (C=O) groups is 4. The first-order valence-corrected chi connectivity index (χ1v) is 12.7. The second kappa shape index (κ2) is 14.6. The summed E-state index contributed by atoms with van der Waals surface area (Å²) < 4.78 is 31.1. The van der Waals surface area contributed by atoms with Gasteiger partial charge in [0.05, 0.1) is 13.2 Å². The number of carboxylic acids is 1. The molecule has 12 heteroatoms. The first kappa shape index (κ1) is 33.5. The van der Waals surface area contributed by atoms with Crippen molar-refractivity contribution in [3.05, 3.63) is 23.8 Å². The van der Waals surface area contributed by atoms with Gasteiger partial charge in [-0.25, -0.2) is 14.4 Å². The Balaban J connectivity index is 3.34. The average Bonchev–Trinajstić information content (AvgIpc) is 2.77. The Morgan fingerprint density at radius 2 is 1.41 bits per heavy atom. The molecule has 0 fully saturated rings. The smallest absolute Gasteiger partial charge is 0.480 e. The zero-order valence-electron chi connectivity index (χ0n) is 23.9. The molecular weight excluding hydrogens is 514 g/mol. The maximum Gasteiger partial charge on any atom is 0.514 e. The molecule has 0 bridgehead atoms. The topological polar surface area (TPSA) is 170 Å². The van der Waals surface area contributed by atoms with Crippen LogP contribution in [0.4, 0.5) is 14.4 Å². The Bertz CT molecular complexity index is 994. The molecule has 1 rings (SSSR count). The summed E-state index contributed by atoms with van der Waals surface area (Å²) in [6, 6.07) is 2.66. The lowest BCUT2D eigenvalue weighted by molar-refractivity contribution is -0.139. The quantitative estimate of drug-likeness (QED) is 0.154. The molecule has 220 valence electrons. The van der Waals surface area contributed by atoms with Crippen LogP contribution in [0.5, 0.6) is 11.5 Å². The molecule has 39 heavy (non-hydrogen) atoms. The second-order valence-corrected chi connectivity index (χ2v) is 11.0. The largest absolute Gasteiger partial charge is 0.514 e. The number of aliphatic carboxylic acids is 1. The summed E-state index contributed by atoms with van der Waals surface area (Å²) in [5, 5.41) is 9.66. The lowest BCUT2D eigenvalue weighted by Crippen LogP contribution is -2.40. The normalized spacial score (nSPS) is 13.9. The fourth-order valence-electron chi connectivity index (χ4n) is 3.31. The molecule has 0 heterocycles. The van der Waals surface area contributed by atoms with Gasteiger partial charge in [-0.1, -0.05) is 26.3 Å². The highest BCUT2D eigenvalue weighted by atomic mass is 16.8. The summed E-state index contributed by atoms with van der Waals surface area (Å²) in [6.45, 7) is 13.5. The van der Waals surface area contributed by atoms with E-state index in [0.29, 0.717) is 12.0 Å². The summed E-state index contributed by atoms with van der Waals surface area (Å²) in [5.41, 5.74) is 4.59. The number of ether oxygens (including phenoxy) is 6. The standard InChI is InChI=1S/C27H41NO11/c1-9-10-13-34-23(31)35-15-16(2)20(21(28)22(29)30)17-11-12-18(36-24(32)38-26(3,4)5)19(14-17)37-25(33)39-27(6,7)8/h11-12,14,16,20-21H,9-10,13,15,28H2,1-8H3,(H,29,30)/t16?,20?,21-/m0/s1. The molecule has 0 radical (unpaired) electrons. The number of hydrogen-bond donors (Lipinski definition) is 2. The number of rotatable bonds is 11. The minimum absolute atomic E-state index is 0.176. The van der Waals surface area contributed by atoms with Gasteiger partial charge in [-0.05, 0) is 71.6 Å². The third-order valence-electron chi connectivity index (χ3n) is 4.99. The number of unbranched alkanes of at least 4 members (excludes halogenated alkanes) is 1. The van der Waals surface area contributed by atoms with Crippen LogP contribution in [-0.4, -0.2) is 60.0 Å². The van der Waals surface area contributed by atoms with E-state index in [1.807, 2.05) is 6.92 Å². The summed E-state index contributed by atoms with van der Waals surface area (Å²) in [4.78, 5) is 48.5. The Morgan fingerprint density at radius 1 is 0.872 bits per heavy atom. The maximum absolute atomic E-state index is 12.4. The van der Waals surface area contributed by atoms with Crippen LogP contribution >= 0.6 is 0 Å². The number of carboxylic acid groups (broad SMARTS) is 1. The minimum Gasteiger partial charge on any atom is -0.480 e. The molecular formula is C27H41NO11. The molecule has 3 N–H and O–H groups in total. The van der Waals surface area contributed by atoms with Crippen molar-refractivity contribution >= 4 is 24.4 Å². The predicted molar refractivity (Wildman–Crippen MR) is 140 cm³/mol. The van der Waals surface area contributed by atoms with E-state index in [0.717, 1.165) is 6.42 Å². The van der Waals surface area contributed by atoms with E-state index in [2.05, 4.69) is 0 Å². The van der Waals surface area contributed by atoms with E-state index in [9.17, 15) is 24.3 Å². The van der Waals surface area contributed by atoms with Crippen LogP contribution in [-0.2, 0) is 23.7 Å².